The third-order valence-electron chi connectivity index (χ3n) is 5.65. The molecule has 2 aromatic heterocycles. The van der Waals surface area contributed by atoms with Gasteiger partial charge >= 0.3 is 0 Å². The molecule has 27 heavy (non-hydrogen) atoms. The van der Waals surface area contributed by atoms with E-state index in [1.54, 1.807) is 11.2 Å². The first-order chi connectivity index (χ1) is 13.1. The van der Waals surface area contributed by atoms with Gasteiger partial charge in [-0.2, -0.15) is 0 Å². The van der Waals surface area contributed by atoms with E-state index >= 15 is 0 Å². The van der Waals surface area contributed by atoms with Crippen LogP contribution in [0, 0.1) is 6.92 Å². The predicted octanol–water partition coefficient (Wildman–Crippen LogP) is 2.47. The van der Waals surface area contributed by atoms with Crippen LogP contribution in [-0.2, 0) is 4.79 Å². The second kappa shape index (κ2) is 7.42. The fourth-order valence-electron chi connectivity index (χ4n) is 4.22. The molecule has 4 heterocycles. The number of fused-ring (bicyclic) bond motifs is 1. The van der Waals surface area contributed by atoms with E-state index in [0.29, 0.717) is 17.8 Å². The molecule has 0 spiro atoms. The smallest absolute Gasteiger partial charge is 0.264 e. The van der Waals surface area contributed by atoms with Crippen LogP contribution in [0.4, 0.5) is 5.82 Å². The summed E-state index contributed by atoms with van der Waals surface area (Å²) in [5.41, 5.74) is 6.41. The van der Waals surface area contributed by atoms with Crippen LogP contribution in [0.15, 0.2) is 6.33 Å². The number of nitrogens with two attached hydrogens (primary N) is 1. The number of carbonyl (C=O) groups excluding carboxylic acids is 2. The van der Waals surface area contributed by atoms with Gasteiger partial charge in [-0.3, -0.25) is 9.59 Å². The van der Waals surface area contributed by atoms with Crippen molar-refractivity contribution >= 4 is 39.2 Å². The molecule has 2 fully saturated rings. The number of amides is 2. The highest BCUT2D eigenvalue weighted by Crippen LogP contribution is 2.37. The van der Waals surface area contributed by atoms with Crippen molar-refractivity contribution in [2.75, 3.05) is 24.5 Å². The number of nitrogens with zero attached hydrogens (tertiary/aromatic N) is 4. The van der Waals surface area contributed by atoms with E-state index < -0.39 is 11.9 Å². The Bertz CT molecular complexity index is 872. The number of primary amides is 1. The van der Waals surface area contributed by atoms with Crippen molar-refractivity contribution in [3.63, 3.8) is 0 Å². The molecular weight excluding hydrogens is 362 g/mol. The fraction of sp³-hybridized carbons (Fsp3) is 0.579. The molecule has 2 aliphatic heterocycles. The average Bonchev–Trinajstić information content (AvgIpc) is 3.18. The predicted molar refractivity (Wildman–Crippen MR) is 106 cm³/mol. The normalized spacial score (nSPS) is 20.9. The molecule has 2 amide bonds. The Morgan fingerprint density at radius 1 is 1.11 bits per heavy atom. The van der Waals surface area contributed by atoms with Crippen molar-refractivity contribution in [1.29, 1.82) is 0 Å². The van der Waals surface area contributed by atoms with Crippen molar-refractivity contribution in [3.05, 3.63) is 16.8 Å². The zero-order chi connectivity index (χ0) is 19.0. The minimum Gasteiger partial charge on any atom is -0.368 e. The Balaban J connectivity index is 1.73. The molecule has 0 aliphatic carbocycles. The monoisotopic (exact) mass is 387 g/mol. The molecule has 0 unspecified atom stereocenters. The Labute approximate surface area is 162 Å². The van der Waals surface area contributed by atoms with Crippen LogP contribution in [-0.4, -0.2) is 52.4 Å². The molecule has 144 valence electrons. The zero-order valence-corrected chi connectivity index (χ0v) is 16.4. The topological polar surface area (TPSA) is 92.4 Å². The second-order valence-corrected chi connectivity index (χ2v) is 8.39. The van der Waals surface area contributed by atoms with Gasteiger partial charge in [0.1, 0.15) is 23.0 Å². The van der Waals surface area contributed by atoms with Gasteiger partial charge in [0.15, 0.2) is 0 Å². The van der Waals surface area contributed by atoms with E-state index in [1.807, 2.05) is 6.92 Å². The second-order valence-electron chi connectivity index (χ2n) is 7.39. The van der Waals surface area contributed by atoms with Crippen LogP contribution in [0.5, 0.6) is 0 Å². The first-order valence-corrected chi connectivity index (χ1v) is 10.5. The highest BCUT2D eigenvalue weighted by atomic mass is 32.1. The minimum atomic E-state index is -0.502. The van der Waals surface area contributed by atoms with Crippen LogP contribution in [0.1, 0.15) is 53.8 Å². The molecule has 4 rings (SSSR count). The molecule has 0 saturated carbocycles. The zero-order valence-electron chi connectivity index (χ0n) is 15.6. The number of rotatable bonds is 3. The molecule has 1 atom stereocenters. The van der Waals surface area contributed by atoms with Gasteiger partial charge in [0, 0.05) is 19.6 Å². The summed E-state index contributed by atoms with van der Waals surface area (Å²) in [5.74, 6) is 0.394. The van der Waals surface area contributed by atoms with Gasteiger partial charge < -0.3 is 15.5 Å². The summed E-state index contributed by atoms with van der Waals surface area (Å²) in [7, 11) is 0. The number of carbonyl (C=O) groups is 2. The van der Waals surface area contributed by atoms with Gasteiger partial charge in [-0.1, -0.05) is 12.8 Å². The Morgan fingerprint density at radius 3 is 2.56 bits per heavy atom. The van der Waals surface area contributed by atoms with Crippen LogP contribution in [0.2, 0.25) is 0 Å². The van der Waals surface area contributed by atoms with Gasteiger partial charge in [0.25, 0.3) is 5.91 Å². The highest BCUT2D eigenvalue weighted by molar-refractivity contribution is 7.20. The summed E-state index contributed by atoms with van der Waals surface area (Å²) in [4.78, 5) is 39.3. The summed E-state index contributed by atoms with van der Waals surface area (Å²) in [6.45, 7) is 4.51. The maximum absolute atomic E-state index is 13.2. The molecule has 2 saturated heterocycles. The maximum Gasteiger partial charge on any atom is 0.264 e. The van der Waals surface area contributed by atoms with E-state index in [4.69, 9.17) is 5.73 Å². The number of thiophene rings is 1. The molecule has 0 radical (unpaired) electrons. The quantitative estimate of drug-likeness (QED) is 0.873. The van der Waals surface area contributed by atoms with Crippen molar-refractivity contribution in [2.24, 2.45) is 5.73 Å². The minimum absolute atomic E-state index is 0.112. The summed E-state index contributed by atoms with van der Waals surface area (Å²) in [6, 6.07) is -0.502. The summed E-state index contributed by atoms with van der Waals surface area (Å²) in [6.07, 6.45) is 7.87. The molecule has 0 aromatic carbocycles. The van der Waals surface area contributed by atoms with Crippen LogP contribution in [0.25, 0.3) is 10.2 Å². The van der Waals surface area contributed by atoms with E-state index in [1.165, 1.54) is 24.2 Å². The Hall–Kier alpha value is -2.22. The number of aryl methyl sites for hydroxylation is 1. The van der Waals surface area contributed by atoms with Crippen LogP contribution in [0.3, 0.4) is 0 Å². The van der Waals surface area contributed by atoms with Gasteiger partial charge in [0.2, 0.25) is 5.91 Å². The van der Waals surface area contributed by atoms with E-state index in [0.717, 1.165) is 53.9 Å². The largest absolute Gasteiger partial charge is 0.368 e. The lowest BCUT2D eigenvalue weighted by Crippen LogP contribution is -2.43. The lowest BCUT2D eigenvalue weighted by atomic mass is 10.1. The number of anilines is 1. The molecule has 2 aliphatic rings. The number of aromatic nitrogens is 2. The fourth-order valence-corrected chi connectivity index (χ4v) is 5.31. The van der Waals surface area contributed by atoms with Crippen molar-refractivity contribution in [1.82, 2.24) is 14.9 Å². The van der Waals surface area contributed by atoms with E-state index in [9.17, 15) is 9.59 Å². The van der Waals surface area contributed by atoms with Gasteiger partial charge in [-0.25, -0.2) is 9.97 Å². The molecule has 7 nitrogen and oxygen atoms in total. The first kappa shape index (κ1) is 18.2. The molecule has 2 N–H and O–H groups in total. The third kappa shape index (κ3) is 3.26. The van der Waals surface area contributed by atoms with Gasteiger partial charge in [-0.05, 0) is 38.2 Å². The summed E-state index contributed by atoms with van der Waals surface area (Å²) >= 11 is 1.39. The van der Waals surface area contributed by atoms with E-state index in [2.05, 4.69) is 14.9 Å². The van der Waals surface area contributed by atoms with Gasteiger partial charge in [-0.15, -0.1) is 11.3 Å². The van der Waals surface area contributed by atoms with Crippen molar-refractivity contribution < 1.29 is 9.59 Å². The third-order valence-corrected chi connectivity index (χ3v) is 6.84. The number of likely N-dealkylation sites (tertiary alicyclic amines) is 1. The van der Waals surface area contributed by atoms with E-state index in [-0.39, 0.29) is 5.91 Å². The maximum atomic E-state index is 13.2. The number of hydrogen-bond donors (Lipinski definition) is 1. The van der Waals surface area contributed by atoms with Gasteiger partial charge in [0.05, 0.1) is 10.3 Å². The molecule has 2 aromatic rings. The lowest BCUT2D eigenvalue weighted by Gasteiger charge is -2.23. The van der Waals surface area contributed by atoms with Crippen LogP contribution < -0.4 is 10.6 Å². The molecule has 0 bridgehead atoms. The van der Waals surface area contributed by atoms with Crippen LogP contribution >= 0.6 is 11.3 Å². The molecule has 8 heteroatoms. The molecular formula is C19H25N5O2S. The first-order valence-electron chi connectivity index (χ1n) is 9.67. The highest BCUT2D eigenvalue weighted by Gasteiger charge is 2.35. The Kier molecular flexibility index (Phi) is 4.99. The number of hydrogen-bond acceptors (Lipinski definition) is 6. The summed E-state index contributed by atoms with van der Waals surface area (Å²) < 4.78 is 0. The average molecular weight is 388 g/mol. The standard InChI is InChI=1S/C19H25N5O2S/c1-12-14-17(23-8-4-2-3-5-9-23)21-11-22-18(14)27-15(12)19(26)24-10-6-7-13(24)16(20)25/h11,13H,2-10H2,1H3,(H2,20,25)/t13-/m0/s1. The lowest BCUT2D eigenvalue weighted by molar-refractivity contribution is -0.121. The SMILES string of the molecule is Cc1c(C(=O)N2CCC[C@H]2C(N)=O)sc2ncnc(N3CCCCCC3)c12. The Morgan fingerprint density at radius 2 is 1.85 bits per heavy atom. The van der Waals surface area contributed by atoms with Crippen molar-refractivity contribution in [2.45, 2.75) is 51.5 Å². The summed E-state index contributed by atoms with van der Waals surface area (Å²) in [5, 5.41) is 0.975. The van der Waals surface area contributed by atoms with Crippen molar-refractivity contribution in [3.8, 4) is 0 Å².